The number of hydrogen-bond donors (Lipinski definition) is 2. The molecule has 1 aliphatic heterocycles. The first-order chi connectivity index (χ1) is 8.69. The zero-order valence-corrected chi connectivity index (χ0v) is 12.2. The van der Waals surface area contributed by atoms with Gasteiger partial charge in [-0.15, -0.1) is 0 Å². The number of nitrogens with two attached hydrogens (primary N) is 1. The van der Waals surface area contributed by atoms with Crippen molar-refractivity contribution in [3.63, 3.8) is 0 Å². The van der Waals surface area contributed by atoms with Gasteiger partial charge in [0.05, 0.1) is 6.04 Å². The van der Waals surface area contributed by atoms with Gasteiger partial charge in [-0.1, -0.05) is 0 Å². The quantitative estimate of drug-likeness (QED) is 0.791. The van der Waals surface area contributed by atoms with Gasteiger partial charge in [-0.2, -0.15) is 0 Å². The fourth-order valence-corrected chi connectivity index (χ4v) is 1.90. The fourth-order valence-electron chi connectivity index (χ4n) is 1.90. The molecule has 1 fully saturated rings. The molecule has 0 aromatic carbocycles. The van der Waals surface area contributed by atoms with E-state index in [9.17, 15) is 9.59 Å². The Bertz CT molecular complexity index is 337. The first-order valence-corrected chi connectivity index (χ1v) is 6.70. The minimum atomic E-state index is -0.497. The Labute approximate surface area is 114 Å². The number of carbonyl (C=O) groups is 2. The maximum atomic E-state index is 11.8. The molecule has 1 rings (SSSR count). The molecule has 1 aliphatic rings. The van der Waals surface area contributed by atoms with Crippen molar-refractivity contribution in [1.82, 2.24) is 10.2 Å². The lowest BCUT2D eigenvalue weighted by atomic mass is 10.1. The molecule has 0 bridgehead atoms. The highest BCUT2D eigenvalue weighted by molar-refractivity contribution is 5.80. The third-order valence-electron chi connectivity index (χ3n) is 2.92. The molecule has 6 heteroatoms. The summed E-state index contributed by atoms with van der Waals surface area (Å²) >= 11 is 0. The van der Waals surface area contributed by atoms with Gasteiger partial charge < -0.3 is 20.7 Å². The minimum Gasteiger partial charge on any atom is -0.444 e. The summed E-state index contributed by atoms with van der Waals surface area (Å²) in [5, 5.41) is 2.79. The van der Waals surface area contributed by atoms with E-state index < -0.39 is 11.6 Å². The Balaban J connectivity index is 2.34. The lowest BCUT2D eigenvalue weighted by Gasteiger charge is -2.24. The molecule has 3 N–H and O–H groups in total. The van der Waals surface area contributed by atoms with Gasteiger partial charge in [-0.05, 0) is 40.0 Å². The number of nitrogens with zero attached hydrogens (tertiary/aromatic N) is 1. The maximum absolute atomic E-state index is 11.8. The molecule has 19 heavy (non-hydrogen) atoms. The Kier molecular flexibility index (Phi) is 5.17. The highest BCUT2D eigenvalue weighted by Crippen LogP contribution is 2.18. The van der Waals surface area contributed by atoms with Crippen LogP contribution in [0.5, 0.6) is 0 Å². The van der Waals surface area contributed by atoms with Crippen molar-refractivity contribution in [2.75, 3.05) is 19.6 Å². The van der Waals surface area contributed by atoms with E-state index in [1.807, 2.05) is 20.8 Å². The van der Waals surface area contributed by atoms with Crippen LogP contribution in [-0.2, 0) is 9.53 Å². The summed E-state index contributed by atoms with van der Waals surface area (Å²) in [5.41, 5.74) is 5.00. The molecule has 0 spiro atoms. The summed E-state index contributed by atoms with van der Waals surface area (Å²) in [6, 6.07) is -0.497. The van der Waals surface area contributed by atoms with Crippen LogP contribution in [0.15, 0.2) is 0 Å². The highest BCUT2D eigenvalue weighted by atomic mass is 16.6. The zero-order chi connectivity index (χ0) is 14.6. The van der Waals surface area contributed by atoms with E-state index in [-0.39, 0.29) is 17.9 Å². The second-order valence-corrected chi connectivity index (χ2v) is 6.11. The summed E-state index contributed by atoms with van der Waals surface area (Å²) in [4.78, 5) is 24.9. The van der Waals surface area contributed by atoms with Crippen molar-refractivity contribution >= 4 is 12.0 Å². The molecule has 0 aromatic rings. The minimum absolute atomic E-state index is 0.157. The van der Waals surface area contributed by atoms with Crippen LogP contribution in [0.4, 0.5) is 4.79 Å². The summed E-state index contributed by atoms with van der Waals surface area (Å²) < 4.78 is 5.31. The smallest absolute Gasteiger partial charge is 0.410 e. The number of carbonyl (C=O) groups excluding carboxylic acids is 2. The molecule has 0 saturated carbocycles. The van der Waals surface area contributed by atoms with Gasteiger partial charge in [-0.3, -0.25) is 4.79 Å². The third kappa shape index (κ3) is 5.46. The molecule has 0 unspecified atom stereocenters. The van der Waals surface area contributed by atoms with Gasteiger partial charge in [0.25, 0.3) is 0 Å². The van der Waals surface area contributed by atoms with Crippen LogP contribution in [0.3, 0.4) is 0 Å². The third-order valence-corrected chi connectivity index (χ3v) is 2.92. The van der Waals surface area contributed by atoms with Gasteiger partial charge >= 0.3 is 6.09 Å². The number of likely N-dealkylation sites (tertiary alicyclic amines) is 1. The lowest BCUT2D eigenvalue weighted by molar-refractivity contribution is -0.122. The van der Waals surface area contributed by atoms with Crippen LogP contribution in [-0.4, -0.2) is 48.2 Å². The number of ether oxygens (including phenoxy) is 1. The normalized spacial score (nSPS) is 21.1. The number of hydrogen-bond acceptors (Lipinski definition) is 4. The molecule has 1 heterocycles. The van der Waals surface area contributed by atoms with Crippen molar-refractivity contribution in [2.24, 2.45) is 11.7 Å². The average molecular weight is 271 g/mol. The van der Waals surface area contributed by atoms with E-state index in [0.717, 1.165) is 6.42 Å². The van der Waals surface area contributed by atoms with Crippen LogP contribution in [0, 0.1) is 5.92 Å². The number of rotatable bonds is 3. The predicted octanol–water partition coefficient (Wildman–Crippen LogP) is 0.707. The van der Waals surface area contributed by atoms with E-state index in [0.29, 0.717) is 19.6 Å². The second-order valence-electron chi connectivity index (χ2n) is 6.11. The summed E-state index contributed by atoms with van der Waals surface area (Å²) in [5.74, 6) is 0.117. The highest BCUT2D eigenvalue weighted by Gasteiger charge is 2.29. The van der Waals surface area contributed by atoms with Crippen molar-refractivity contribution in [3.8, 4) is 0 Å². The summed E-state index contributed by atoms with van der Waals surface area (Å²) in [6.07, 6.45) is 0.590. The van der Waals surface area contributed by atoms with Crippen LogP contribution in [0.25, 0.3) is 0 Å². The maximum Gasteiger partial charge on any atom is 0.410 e. The Hall–Kier alpha value is -1.30. The Morgan fingerprint density at radius 2 is 2.11 bits per heavy atom. The van der Waals surface area contributed by atoms with Gasteiger partial charge in [0.2, 0.25) is 5.91 Å². The fraction of sp³-hybridized carbons (Fsp3) is 0.846. The van der Waals surface area contributed by atoms with Crippen LogP contribution in [0.1, 0.15) is 34.1 Å². The molecule has 110 valence electrons. The molecule has 1 saturated heterocycles. The van der Waals surface area contributed by atoms with Crippen LogP contribution < -0.4 is 11.1 Å². The van der Waals surface area contributed by atoms with Gasteiger partial charge in [0.15, 0.2) is 0 Å². The summed E-state index contributed by atoms with van der Waals surface area (Å²) in [6.45, 7) is 9.04. The number of amides is 2. The van der Waals surface area contributed by atoms with E-state index >= 15 is 0 Å². The molecule has 2 amide bonds. The molecule has 0 aliphatic carbocycles. The van der Waals surface area contributed by atoms with E-state index in [1.54, 1.807) is 11.8 Å². The molecular formula is C13H25N3O3. The largest absolute Gasteiger partial charge is 0.444 e. The van der Waals surface area contributed by atoms with E-state index in [1.165, 1.54) is 0 Å². The molecule has 6 nitrogen and oxygen atoms in total. The Morgan fingerprint density at radius 3 is 2.63 bits per heavy atom. The van der Waals surface area contributed by atoms with Crippen LogP contribution in [0.2, 0.25) is 0 Å². The van der Waals surface area contributed by atoms with Gasteiger partial charge in [0.1, 0.15) is 5.60 Å². The van der Waals surface area contributed by atoms with Crippen molar-refractivity contribution in [3.05, 3.63) is 0 Å². The summed E-state index contributed by atoms with van der Waals surface area (Å²) in [7, 11) is 0. The van der Waals surface area contributed by atoms with Crippen molar-refractivity contribution in [2.45, 2.75) is 45.8 Å². The van der Waals surface area contributed by atoms with E-state index in [2.05, 4.69) is 5.32 Å². The SMILES string of the molecule is C[C@H](N)C(=O)NC[C@H]1CCN(C(=O)OC(C)(C)C)C1. The topological polar surface area (TPSA) is 84.7 Å². The van der Waals surface area contributed by atoms with E-state index in [4.69, 9.17) is 10.5 Å². The zero-order valence-electron chi connectivity index (χ0n) is 12.2. The Morgan fingerprint density at radius 1 is 1.47 bits per heavy atom. The lowest BCUT2D eigenvalue weighted by Crippen LogP contribution is -2.41. The van der Waals surface area contributed by atoms with Gasteiger partial charge in [-0.25, -0.2) is 4.79 Å². The number of nitrogens with one attached hydrogen (secondary N) is 1. The van der Waals surface area contributed by atoms with Crippen molar-refractivity contribution < 1.29 is 14.3 Å². The first kappa shape index (κ1) is 15.8. The van der Waals surface area contributed by atoms with Gasteiger partial charge in [0, 0.05) is 19.6 Å². The molecular weight excluding hydrogens is 246 g/mol. The molecule has 0 radical (unpaired) electrons. The second kappa shape index (κ2) is 6.23. The van der Waals surface area contributed by atoms with Crippen molar-refractivity contribution in [1.29, 1.82) is 0 Å². The first-order valence-electron chi connectivity index (χ1n) is 6.70. The predicted molar refractivity (Wildman–Crippen MR) is 72.6 cm³/mol. The average Bonchev–Trinajstić information content (AvgIpc) is 2.71. The standard InChI is InChI=1S/C13H25N3O3/c1-9(14)11(17)15-7-10-5-6-16(8-10)12(18)19-13(2,3)4/h9-10H,5-8,14H2,1-4H3,(H,15,17)/t9-,10+/m0/s1. The van der Waals surface area contributed by atoms with Crippen LogP contribution >= 0.6 is 0 Å². The molecule has 0 aromatic heterocycles. The molecule has 2 atom stereocenters. The monoisotopic (exact) mass is 271 g/mol.